The van der Waals surface area contributed by atoms with Crippen LogP contribution >= 0.6 is 0 Å². The van der Waals surface area contributed by atoms with Gasteiger partial charge in [0.05, 0.1) is 32.7 Å². The van der Waals surface area contributed by atoms with Crippen molar-refractivity contribution < 1.29 is 38.4 Å². The molecule has 1 N–H and O–H groups in total. The molecule has 1 aromatic rings. The van der Waals surface area contributed by atoms with Gasteiger partial charge in [0.2, 0.25) is 0 Å². The molecule has 0 aromatic heterocycles. The summed E-state index contributed by atoms with van der Waals surface area (Å²) in [5, 5.41) is 10.6. The molecule has 8 nitrogen and oxygen atoms in total. The first kappa shape index (κ1) is 29.9. The summed E-state index contributed by atoms with van der Waals surface area (Å²) in [6.07, 6.45) is 7.28. The molecule has 3 rings (SSSR count). The number of carbonyl (C=O) groups excluding carboxylic acids is 3. The van der Waals surface area contributed by atoms with Crippen molar-refractivity contribution in [3.63, 3.8) is 0 Å². The largest absolute Gasteiger partial charge is 0.482 e. The van der Waals surface area contributed by atoms with Crippen molar-refractivity contribution in [2.45, 2.75) is 96.7 Å². The lowest BCUT2D eigenvalue weighted by Gasteiger charge is -2.32. The molecule has 2 aliphatic rings. The highest BCUT2D eigenvalue weighted by molar-refractivity contribution is 5.77. The van der Waals surface area contributed by atoms with E-state index < -0.39 is 11.9 Å². The van der Waals surface area contributed by atoms with E-state index in [1.165, 1.54) is 12.7 Å². The molecule has 5 unspecified atom stereocenters. The molecular formula is C30H44O8. The SMILES string of the molecule is CCCCCC(O)CCC1C(OC(=O)CCC(=O)OCC)CC2Cc3c(cccc3OCC(=O)OC)CC21. The third-order valence-corrected chi connectivity index (χ3v) is 7.99. The van der Waals surface area contributed by atoms with Crippen LogP contribution in [0.25, 0.3) is 0 Å². The second-order valence-electron chi connectivity index (χ2n) is 10.6. The first-order valence-electron chi connectivity index (χ1n) is 14.2. The Morgan fingerprint density at radius 1 is 1.03 bits per heavy atom. The Hall–Kier alpha value is -2.61. The van der Waals surface area contributed by atoms with Crippen molar-refractivity contribution in [1.82, 2.24) is 0 Å². The van der Waals surface area contributed by atoms with E-state index >= 15 is 0 Å². The van der Waals surface area contributed by atoms with Gasteiger partial charge < -0.3 is 24.1 Å². The van der Waals surface area contributed by atoms with Gasteiger partial charge >= 0.3 is 17.9 Å². The number of carbonyl (C=O) groups is 3. The van der Waals surface area contributed by atoms with Gasteiger partial charge in [0.1, 0.15) is 11.9 Å². The number of ether oxygens (including phenoxy) is 4. The van der Waals surface area contributed by atoms with Crippen molar-refractivity contribution in [3.8, 4) is 5.75 Å². The van der Waals surface area contributed by atoms with Gasteiger partial charge in [0, 0.05) is 0 Å². The summed E-state index contributed by atoms with van der Waals surface area (Å²) in [7, 11) is 1.34. The molecule has 0 heterocycles. The zero-order valence-corrected chi connectivity index (χ0v) is 23.1. The zero-order chi connectivity index (χ0) is 27.5. The van der Waals surface area contributed by atoms with Crippen LogP contribution in [0, 0.1) is 17.8 Å². The topological polar surface area (TPSA) is 108 Å². The maximum atomic E-state index is 12.7. The molecule has 0 amide bonds. The van der Waals surface area contributed by atoms with Gasteiger partial charge in [-0.2, -0.15) is 0 Å². The van der Waals surface area contributed by atoms with E-state index in [1.54, 1.807) is 6.92 Å². The van der Waals surface area contributed by atoms with Gasteiger partial charge in [-0.3, -0.25) is 9.59 Å². The lowest BCUT2D eigenvalue weighted by atomic mass is 9.73. The molecule has 38 heavy (non-hydrogen) atoms. The number of esters is 3. The average molecular weight is 533 g/mol. The maximum absolute atomic E-state index is 12.7. The Bertz CT molecular complexity index is 929. The highest BCUT2D eigenvalue weighted by atomic mass is 16.6. The lowest BCUT2D eigenvalue weighted by molar-refractivity contribution is -0.155. The van der Waals surface area contributed by atoms with Crippen LogP contribution in [0.1, 0.15) is 82.8 Å². The number of unbranched alkanes of at least 4 members (excludes halogenated alkanes) is 2. The fourth-order valence-electron chi connectivity index (χ4n) is 6.07. The number of aliphatic hydroxyl groups is 1. The van der Waals surface area contributed by atoms with Crippen LogP contribution in [-0.2, 0) is 41.4 Å². The summed E-state index contributed by atoms with van der Waals surface area (Å²) < 4.78 is 21.4. The van der Waals surface area contributed by atoms with E-state index in [4.69, 9.17) is 18.9 Å². The molecule has 1 aromatic carbocycles. The second kappa shape index (κ2) is 15.1. The minimum absolute atomic E-state index is 0.00275. The molecule has 8 heteroatoms. The average Bonchev–Trinajstić information content (AvgIpc) is 3.23. The van der Waals surface area contributed by atoms with Gasteiger partial charge in [-0.05, 0) is 80.4 Å². The van der Waals surface area contributed by atoms with Gasteiger partial charge in [-0.1, -0.05) is 38.3 Å². The van der Waals surface area contributed by atoms with Crippen LogP contribution in [0.3, 0.4) is 0 Å². The van der Waals surface area contributed by atoms with Gasteiger partial charge in [-0.15, -0.1) is 0 Å². The Balaban J connectivity index is 1.70. The van der Waals surface area contributed by atoms with Gasteiger partial charge in [0.15, 0.2) is 6.61 Å². The standard InChI is InChI=1S/C30H44O8/c1-4-6-7-10-22(31)12-13-23-24-16-20-9-8-11-26(37-19-30(34)35-3)25(20)17-21(24)18-27(23)38-29(33)15-14-28(32)36-5-2/h8-9,11,21-24,27,31H,4-7,10,12-19H2,1-3H3. The van der Waals surface area contributed by atoms with E-state index in [0.29, 0.717) is 24.0 Å². The van der Waals surface area contributed by atoms with Crippen molar-refractivity contribution in [2.75, 3.05) is 20.3 Å². The van der Waals surface area contributed by atoms with Crippen molar-refractivity contribution >= 4 is 17.9 Å². The van der Waals surface area contributed by atoms with E-state index in [9.17, 15) is 19.5 Å². The zero-order valence-electron chi connectivity index (χ0n) is 23.1. The first-order chi connectivity index (χ1) is 18.4. The molecule has 5 atom stereocenters. The normalized spacial score (nSPS) is 22.6. The van der Waals surface area contributed by atoms with Gasteiger partial charge in [0.25, 0.3) is 0 Å². The highest BCUT2D eigenvalue weighted by Gasteiger charge is 2.47. The molecule has 212 valence electrons. The number of hydrogen-bond donors (Lipinski definition) is 1. The maximum Gasteiger partial charge on any atom is 0.343 e. The number of aliphatic hydroxyl groups excluding tert-OH is 1. The Labute approximate surface area is 226 Å². The van der Waals surface area contributed by atoms with E-state index in [2.05, 4.69) is 13.0 Å². The second-order valence-corrected chi connectivity index (χ2v) is 10.6. The van der Waals surface area contributed by atoms with Crippen LogP contribution in [0.5, 0.6) is 5.75 Å². The molecule has 2 aliphatic carbocycles. The van der Waals surface area contributed by atoms with Crippen LogP contribution < -0.4 is 4.74 Å². The highest BCUT2D eigenvalue weighted by Crippen LogP contribution is 2.49. The quantitative estimate of drug-likeness (QED) is 0.199. The van der Waals surface area contributed by atoms with Crippen LogP contribution in [0.15, 0.2) is 18.2 Å². The molecule has 0 saturated heterocycles. The minimum Gasteiger partial charge on any atom is -0.482 e. The summed E-state index contributed by atoms with van der Waals surface area (Å²) in [5.74, 6) is 0.259. The third kappa shape index (κ3) is 8.45. The lowest BCUT2D eigenvalue weighted by Crippen LogP contribution is -2.30. The Morgan fingerprint density at radius 3 is 2.55 bits per heavy atom. The van der Waals surface area contributed by atoms with E-state index in [0.717, 1.165) is 56.9 Å². The van der Waals surface area contributed by atoms with Crippen molar-refractivity contribution in [3.05, 3.63) is 29.3 Å². The number of rotatable bonds is 15. The van der Waals surface area contributed by atoms with E-state index in [1.807, 2.05) is 12.1 Å². The summed E-state index contributed by atoms with van der Waals surface area (Å²) in [6.45, 7) is 4.04. The summed E-state index contributed by atoms with van der Waals surface area (Å²) in [5.41, 5.74) is 2.29. The minimum atomic E-state index is -0.426. The Morgan fingerprint density at radius 2 is 1.82 bits per heavy atom. The van der Waals surface area contributed by atoms with Crippen molar-refractivity contribution in [2.24, 2.45) is 17.8 Å². The number of methoxy groups -OCH3 is 1. The summed E-state index contributed by atoms with van der Waals surface area (Å²) >= 11 is 0. The van der Waals surface area contributed by atoms with Gasteiger partial charge in [-0.25, -0.2) is 4.79 Å². The fraction of sp³-hybridized carbons (Fsp3) is 0.700. The van der Waals surface area contributed by atoms with Crippen LogP contribution in [0.2, 0.25) is 0 Å². The van der Waals surface area contributed by atoms with E-state index in [-0.39, 0.29) is 50.2 Å². The molecule has 1 fully saturated rings. The third-order valence-electron chi connectivity index (χ3n) is 7.99. The smallest absolute Gasteiger partial charge is 0.343 e. The van der Waals surface area contributed by atoms with Crippen LogP contribution in [0.4, 0.5) is 0 Å². The fourth-order valence-corrected chi connectivity index (χ4v) is 6.07. The molecular weight excluding hydrogens is 488 g/mol. The molecule has 0 radical (unpaired) electrons. The number of hydrogen-bond acceptors (Lipinski definition) is 8. The molecule has 0 aliphatic heterocycles. The van der Waals surface area contributed by atoms with Crippen molar-refractivity contribution in [1.29, 1.82) is 0 Å². The van der Waals surface area contributed by atoms with Crippen LogP contribution in [-0.4, -0.2) is 55.5 Å². The molecule has 1 saturated carbocycles. The summed E-state index contributed by atoms with van der Waals surface area (Å²) in [6, 6.07) is 5.93. The molecule has 0 spiro atoms. The monoisotopic (exact) mass is 532 g/mol. The predicted octanol–water partition coefficient (Wildman–Crippen LogP) is 4.57. The predicted molar refractivity (Wildman–Crippen MR) is 142 cm³/mol. The first-order valence-corrected chi connectivity index (χ1v) is 14.2. The molecule has 0 bridgehead atoms. The Kier molecular flexibility index (Phi) is 11.9. The summed E-state index contributed by atoms with van der Waals surface area (Å²) in [4.78, 5) is 36.0. The number of benzene rings is 1. The number of fused-ring (bicyclic) bond motifs is 2.